The van der Waals surface area contributed by atoms with E-state index >= 15 is 0 Å². The fourth-order valence-corrected chi connectivity index (χ4v) is 1.60. The Morgan fingerprint density at radius 1 is 1.25 bits per heavy atom. The van der Waals surface area contributed by atoms with Crippen LogP contribution in [0.3, 0.4) is 0 Å². The second-order valence-corrected chi connectivity index (χ2v) is 4.27. The van der Waals surface area contributed by atoms with Crippen molar-refractivity contribution in [3.8, 4) is 6.07 Å². The second-order valence-electron chi connectivity index (χ2n) is 4.27. The predicted octanol–water partition coefficient (Wildman–Crippen LogP) is 1.61. The van der Waals surface area contributed by atoms with Crippen molar-refractivity contribution in [2.45, 2.75) is 25.8 Å². The number of nitrogens with one attached hydrogen (secondary N) is 2. The molecular weight excluding hydrogens is 258 g/mol. The van der Waals surface area contributed by atoms with Gasteiger partial charge in [0.1, 0.15) is 0 Å². The number of nitrogens with zero attached hydrogens (tertiary/aromatic N) is 1. The van der Waals surface area contributed by atoms with Gasteiger partial charge < -0.3 is 15.7 Å². The molecule has 0 unspecified atom stereocenters. The normalized spacial score (nSPS) is 9.55. The van der Waals surface area contributed by atoms with Gasteiger partial charge in [-0.3, -0.25) is 4.79 Å². The molecule has 106 valence electrons. The average Bonchev–Trinajstić information content (AvgIpc) is 2.44. The average molecular weight is 275 g/mol. The fraction of sp³-hybridized carbons (Fsp3) is 0.357. The molecule has 1 aromatic carbocycles. The number of rotatable bonds is 7. The summed E-state index contributed by atoms with van der Waals surface area (Å²) in [5.74, 6) is -0.827. The molecule has 0 bridgehead atoms. The molecule has 0 fully saturated rings. The number of hydrogen-bond donors (Lipinski definition) is 3. The minimum Gasteiger partial charge on any atom is -0.481 e. The van der Waals surface area contributed by atoms with E-state index in [-0.39, 0.29) is 12.5 Å². The summed E-state index contributed by atoms with van der Waals surface area (Å²) in [5.41, 5.74) is 1.41. The number of aliphatic carboxylic acids is 1. The van der Waals surface area contributed by atoms with Gasteiger partial charge >= 0.3 is 12.0 Å². The van der Waals surface area contributed by atoms with Crippen LogP contribution in [0.4, 0.5) is 4.79 Å². The first-order valence-corrected chi connectivity index (χ1v) is 6.34. The van der Waals surface area contributed by atoms with Crippen molar-refractivity contribution < 1.29 is 14.7 Å². The van der Waals surface area contributed by atoms with Gasteiger partial charge in [-0.05, 0) is 30.5 Å². The van der Waals surface area contributed by atoms with Gasteiger partial charge in [-0.15, -0.1) is 0 Å². The lowest BCUT2D eigenvalue weighted by Gasteiger charge is -2.07. The largest absolute Gasteiger partial charge is 0.481 e. The number of nitriles is 1. The van der Waals surface area contributed by atoms with Crippen molar-refractivity contribution in [3.63, 3.8) is 0 Å². The van der Waals surface area contributed by atoms with Gasteiger partial charge in [-0.25, -0.2) is 4.79 Å². The fourth-order valence-electron chi connectivity index (χ4n) is 1.60. The van der Waals surface area contributed by atoms with E-state index in [1.807, 2.05) is 12.1 Å². The summed E-state index contributed by atoms with van der Waals surface area (Å²) >= 11 is 0. The minimum atomic E-state index is -0.827. The molecule has 6 heteroatoms. The van der Waals surface area contributed by atoms with Crippen molar-refractivity contribution in [2.24, 2.45) is 0 Å². The monoisotopic (exact) mass is 275 g/mol. The standard InChI is InChI=1S/C14H17N3O3/c15-9-11-4-3-5-12(8-11)10-17-14(20)16-7-2-1-6-13(18)19/h3-5,8H,1-2,6-7,10H2,(H,18,19)(H2,16,17,20). The number of hydrogen-bond acceptors (Lipinski definition) is 3. The summed E-state index contributed by atoms with van der Waals surface area (Å²) in [6.45, 7) is 0.786. The molecule has 0 aromatic heterocycles. The highest BCUT2D eigenvalue weighted by Gasteiger charge is 2.01. The summed E-state index contributed by atoms with van der Waals surface area (Å²) in [6, 6.07) is 8.74. The van der Waals surface area contributed by atoms with Crippen molar-refractivity contribution >= 4 is 12.0 Å². The summed E-state index contributed by atoms with van der Waals surface area (Å²) in [5, 5.41) is 22.5. The van der Waals surface area contributed by atoms with E-state index in [1.54, 1.807) is 18.2 Å². The zero-order chi connectivity index (χ0) is 14.8. The van der Waals surface area contributed by atoms with Gasteiger partial charge in [0.05, 0.1) is 11.6 Å². The lowest BCUT2D eigenvalue weighted by atomic mass is 10.1. The Morgan fingerprint density at radius 2 is 2.05 bits per heavy atom. The van der Waals surface area contributed by atoms with E-state index < -0.39 is 5.97 Å². The van der Waals surface area contributed by atoms with E-state index in [0.717, 1.165) is 5.56 Å². The van der Waals surface area contributed by atoms with Crippen molar-refractivity contribution in [1.82, 2.24) is 10.6 Å². The third-order valence-corrected chi connectivity index (χ3v) is 2.61. The third kappa shape index (κ3) is 6.40. The molecule has 0 spiro atoms. The summed E-state index contributed by atoms with van der Waals surface area (Å²) in [7, 11) is 0. The first-order valence-electron chi connectivity index (χ1n) is 6.34. The van der Waals surface area contributed by atoms with Gasteiger partial charge in [-0.2, -0.15) is 5.26 Å². The van der Waals surface area contributed by atoms with Crippen LogP contribution in [0, 0.1) is 11.3 Å². The van der Waals surface area contributed by atoms with Crippen molar-refractivity contribution in [3.05, 3.63) is 35.4 Å². The molecule has 20 heavy (non-hydrogen) atoms. The van der Waals surface area contributed by atoms with Crippen molar-refractivity contribution in [1.29, 1.82) is 5.26 Å². The van der Waals surface area contributed by atoms with Gasteiger partial charge in [0.2, 0.25) is 0 Å². The lowest BCUT2D eigenvalue weighted by molar-refractivity contribution is -0.137. The van der Waals surface area contributed by atoms with Gasteiger partial charge in [0.15, 0.2) is 0 Å². The van der Waals surface area contributed by atoms with Crippen LogP contribution in [-0.4, -0.2) is 23.7 Å². The Labute approximate surface area is 117 Å². The predicted molar refractivity (Wildman–Crippen MR) is 72.9 cm³/mol. The van der Waals surface area contributed by atoms with Gasteiger partial charge in [-0.1, -0.05) is 12.1 Å². The van der Waals surface area contributed by atoms with Crippen LogP contribution in [0.15, 0.2) is 24.3 Å². The van der Waals surface area contributed by atoms with Crippen LogP contribution in [0.25, 0.3) is 0 Å². The molecule has 0 heterocycles. The third-order valence-electron chi connectivity index (χ3n) is 2.61. The van der Waals surface area contributed by atoms with Crippen LogP contribution >= 0.6 is 0 Å². The van der Waals surface area contributed by atoms with Crippen molar-refractivity contribution in [2.75, 3.05) is 6.54 Å². The molecule has 0 saturated carbocycles. The summed E-state index contributed by atoms with van der Waals surface area (Å²) in [4.78, 5) is 21.7. The second kappa shape index (κ2) is 8.53. The van der Waals surface area contributed by atoms with E-state index in [4.69, 9.17) is 10.4 Å². The highest BCUT2D eigenvalue weighted by atomic mass is 16.4. The smallest absolute Gasteiger partial charge is 0.315 e. The molecule has 2 amide bonds. The Balaban J connectivity index is 2.19. The molecule has 1 aromatic rings. The number of carboxylic acid groups (broad SMARTS) is 1. The maximum Gasteiger partial charge on any atom is 0.315 e. The number of benzene rings is 1. The van der Waals surface area contributed by atoms with Crippen LogP contribution in [-0.2, 0) is 11.3 Å². The number of urea groups is 1. The quantitative estimate of drug-likeness (QED) is 0.658. The highest BCUT2D eigenvalue weighted by Crippen LogP contribution is 2.03. The van der Waals surface area contributed by atoms with Crippen LogP contribution in [0.5, 0.6) is 0 Å². The number of carbonyl (C=O) groups excluding carboxylic acids is 1. The first kappa shape index (κ1) is 15.5. The molecule has 0 aliphatic heterocycles. The first-order chi connectivity index (χ1) is 9.61. The maximum absolute atomic E-state index is 11.5. The van der Waals surface area contributed by atoms with Gasteiger partial charge in [0.25, 0.3) is 0 Å². The molecule has 1 rings (SSSR count). The molecule has 3 N–H and O–H groups in total. The molecule has 0 aliphatic carbocycles. The van der Waals surface area contributed by atoms with E-state index in [9.17, 15) is 9.59 Å². The van der Waals surface area contributed by atoms with Crippen LogP contribution in [0.1, 0.15) is 30.4 Å². The summed E-state index contributed by atoms with van der Waals surface area (Å²) in [6.07, 6.45) is 1.29. The van der Waals surface area contributed by atoms with E-state index in [0.29, 0.717) is 31.5 Å². The molecule has 6 nitrogen and oxygen atoms in total. The molecule has 0 aliphatic rings. The molecular formula is C14H17N3O3. The van der Waals surface area contributed by atoms with E-state index in [2.05, 4.69) is 10.6 Å². The lowest BCUT2D eigenvalue weighted by Crippen LogP contribution is -2.35. The summed E-state index contributed by atoms with van der Waals surface area (Å²) < 4.78 is 0. The van der Waals surface area contributed by atoms with E-state index in [1.165, 1.54) is 0 Å². The topological polar surface area (TPSA) is 102 Å². The maximum atomic E-state index is 11.5. The number of carbonyl (C=O) groups is 2. The van der Waals surface area contributed by atoms with Gasteiger partial charge in [0, 0.05) is 19.5 Å². The Morgan fingerprint density at radius 3 is 2.75 bits per heavy atom. The SMILES string of the molecule is N#Cc1cccc(CNC(=O)NCCCCC(=O)O)c1. The zero-order valence-electron chi connectivity index (χ0n) is 11.1. The van der Waals surface area contributed by atoms with Crippen LogP contribution in [0.2, 0.25) is 0 Å². The Kier molecular flexibility index (Phi) is 6.62. The zero-order valence-corrected chi connectivity index (χ0v) is 11.1. The van der Waals surface area contributed by atoms with Crippen LogP contribution < -0.4 is 10.6 Å². The molecule has 0 radical (unpaired) electrons. The Hall–Kier alpha value is -2.55. The highest BCUT2D eigenvalue weighted by molar-refractivity contribution is 5.73. The number of unbranched alkanes of at least 4 members (excludes halogenated alkanes) is 1. The number of amides is 2. The Bertz CT molecular complexity index is 509. The number of carboxylic acids is 1. The molecule has 0 atom stereocenters. The minimum absolute atomic E-state index is 0.115. The molecule has 0 saturated heterocycles.